The number of carbonyl (C=O) groups excluding carboxylic acids is 2. The van der Waals surface area contributed by atoms with Gasteiger partial charge in [-0.15, -0.1) is 0 Å². The highest BCUT2D eigenvalue weighted by atomic mass is 31.2. The number of esters is 2. The first-order valence-corrected chi connectivity index (χ1v) is 33.2. The highest BCUT2D eigenvalue weighted by Gasteiger charge is 2.26. The van der Waals surface area contributed by atoms with Crippen LogP contribution in [0.3, 0.4) is 0 Å². The Hall–Kier alpha value is -1.25. The van der Waals surface area contributed by atoms with Gasteiger partial charge in [0.1, 0.15) is 6.61 Å². The van der Waals surface area contributed by atoms with Crippen molar-refractivity contribution in [3.05, 3.63) is 12.2 Å². The number of hydrogen-bond acceptors (Lipinski definition) is 8. The van der Waals surface area contributed by atoms with Gasteiger partial charge in [0, 0.05) is 19.4 Å². The number of hydrogen-bond donors (Lipinski definition) is 2. The number of rotatable bonds is 61. The molecule has 0 spiro atoms. The van der Waals surface area contributed by atoms with Crippen molar-refractivity contribution >= 4 is 19.8 Å². The summed E-state index contributed by atoms with van der Waals surface area (Å²) < 4.78 is 32.9. The average Bonchev–Trinajstić information content (AvgIpc) is 3.37. The minimum Gasteiger partial charge on any atom is -0.462 e. The van der Waals surface area contributed by atoms with E-state index in [4.69, 9.17) is 24.3 Å². The molecule has 2 unspecified atom stereocenters. The minimum atomic E-state index is -4.38. The SMILES string of the molecule is CCCCC/C=C\CCCCCCCC(=O)OC(COC(=O)CCCCCCCCCCCCCCCCCCCCCCCCCCCCCCCCCCCCCCCCC)COP(=O)(O)OCCN. The summed E-state index contributed by atoms with van der Waals surface area (Å²) in [5.74, 6) is -0.822. The van der Waals surface area contributed by atoms with E-state index in [0.29, 0.717) is 6.42 Å². The van der Waals surface area contributed by atoms with Crippen molar-refractivity contribution in [2.24, 2.45) is 5.73 Å². The number of phosphoric acid groups is 1. The molecule has 428 valence electrons. The van der Waals surface area contributed by atoms with E-state index in [1.165, 1.54) is 250 Å². The number of carbonyl (C=O) groups is 2. The lowest BCUT2D eigenvalue weighted by Gasteiger charge is -2.19. The Morgan fingerprint density at radius 3 is 1.01 bits per heavy atom. The van der Waals surface area contributed by atoms with Gasteiger partial charge in [-0.2, -0.15) is 0 Å². The highest BCUT2D eigenvalue weighted by Crippen LogP contribution is 2.43. The van der Waals surface area contributed by atoms with Gasteiger partial charge in [-0.3, -0.25) is 18.6 Å². The Morgan fingerprint density at radius 2 is 0.681 bits per heavy atom. The molecule has 10 heteroatoms. The summed E-state index contributed by atoms with van der Waals surface area (Å²) in [4.78, 5) is 35.0. The summed E-state index contributed by atoms with van der Waals surface area (Å²) in [6.07, 6.45) is 69.1. The third kappa shape index (κ3) is 58.0. The lowest BCUT2D eigenvalue weighted by molar-refractivity contribution is -0.161. The predicted molar refractivity (Wildman–Crippen MR) is 308 cm³/mol. The molecule has 3 N–H and O–H groups in total. The van der Waals surface area contributed by atoms with Crippen molar-refractivity contribution in [1.29, 1.82) is 0 Å². The normalized spacial score (nSPS) is 13.0. The molecule has 9 nitrogen and oxygen atoms in total. The monoisotopic (exact) mass is 1040 g/mol. The predicted octanol–water partition coefficient (Wildman–Crippen LogP) is 20.0. The third-order valence-corrected chi connectivity index (χ3v) is 15.4. The Labute approximate surface area is 447 Å². The fraction of sp³-hybridized carbons (Fsp3) is 0.935. The second kappa shape index (κ2) is 59.0. The molecule has 0 aliphatic carbocycles. The van der Waals surface area contributed by atoms with Crippen molar-refractivity contribution in [3.63, 3.8) is 0 Å². The second-order valence-corrected chi connectivity index (χ2v) is 23.1. The van der Waals surface area contributed by atoms with E-state index >= 15 is 0 Å². The standard InChI is InChI=1S/C62H122NO8P/c1-3-5-7-9-11-13-15-17-18-19-20-21-22-23-24-25-26-27-28-29-30-31-32-33-34-35-36-37-38-39-40-41-42-43-45-46-48-50-52-54-61(64)68-58-60(59-70-72(66,67)69-57-56-63)71-62(65)55-53-51-49-47-44-16-14-12-10-8-6-4-2/h12,14,60H,3-11,13,15-59,63H2,1-2H3,(H,66,67)/b14-12-. The van der Waals surface area contributed by atoms with E-state index in [-0.39, 0.29) is 38.6 Å². The molecule has 0 fully saturated rings. The van der Waals surface area contributed by atoms with Crippen LogP contribution in [-0.4, -0.2) is 49.3 Å². The number of unbranched alkanes of at least 4 members (excludes halogenated alkanes) is 46. The van der Waals surface area contributed by atoms with E-state index in [1.807, 2.05) is 0 Å². The topological polar surface area (TPSA) is 134 Å². The summed E-state index contributed by atoms with van der Waals surface area (Å²) >= 11 is 0. The molecule has 0 aromatic carbocycles. The molecule has 0 aliphatic heterocycles. The van der Waals surface area contributed by atoms with Crippen molar-refractivity contribution in [2.75, 3.05) is 26.4 Å². The molecule has 72 heavy (non-hydrogen) atoms. The largest absolute Gasteiger partial charge is 0.472 e. The first-order chi connectivity index (χ1) is 35.3. The van der Waals surface area contributed by atoms with Gasteiger partial charge in [-0.05, 0) is 38.5 Å². The van der Waals surface area contributed by atoms with Crippen LogP contribution in [0.5, 0.6) is 0 Å². The summed E-state index contributed by atoms with van der Waals surface area (Å²) in [7, 11) is -4.38. The summed E-state index contributed by atoms with van der Waals surface area (Å²) in [6, 6.07) is 0. The lowest BCUT2D eigenvalue weighted by atomic mass is 10.0. The van der Waals surface area contributed by atoms with Crippen molar-refractivity contribution in [2.45, 2.75) is 347 Å². The van der Waals surface area contributed by atoms with E-state index in [9.17, 15) is 19.0 Å². The van der Waals surface area contributed by atoms with Gasteiger partial charge in [0.05, 0.1) is 13.2 Å². The second-order valence-electron chi connectivity index (χ2n) is 21.6. The van der Waals surface area contributed by atoms with Gasteiger partial charge in [0.25, 0.3) is 0 Å². The van der Waals surface area contributed by atoms with Gasteiger partial charge in [-0.1, -0.05) is 302 Å². The molecule has 0 bridgehead atoms. The van der Waals surface area contributed by atoms with Crippen LogP contribution in [0.2, 0.25) is 0 Å². The fourth-order valence-electron chi connectivity index (χ4n) is 9.69. The highest BCUT2D eigenvalue weighted by molar-refractivity contribution is 7.47. The van der Waals surface area contributed by atoms with Gasteiger partial charge in [0.2, 0.25) is 0 Å². The van der Waals surface area contributed by atoms with E-state index in [2.05, 4.69) is 26.0 Å². The van der Waals surface area contributed by atoms with Crippen LogP contribution >= 0.6 is 7.82 Å². The molecule has 0 amide bonds. The van der Waals surface area contributed by atoms with Gasteiger partial charge >= 0.3 is 19.8 Å². The quantitative estimate of drug-likeness (QED) is 0.0264. The Kier molecular flexibility index (Phi) is 58.0. The molecule has 2 atom stereocenters. The Balaban J connectivity index is 3.66. The summed E-state index contributed by atoms with van der Waals surface area (Å²) in [5.41, 5.74) is 5.37. The van der Waals surface area contributed by atoms with Crippen LogP contribution in [0.25, 0.3) is 0 Å². The first kappa shape index (κ1) is 70.8. The van der Waals surface area contributed by atoms with Crippen LogP contribution in [0, 0.1) is 0 Å². The summed E-state index contributed by atoms with van der Waals surface area (Å²) in [5, 5.41) is 0. The van der Waals surface area contributed by atoms with Crippen LogP contribution in [0.4, 0.5) is 0 Å². The average molecular weight is 1040 g/mol. The molecule has 0 aliphatic rings. The van der Waals surface area contributed by atoms with Crippen molar-refractivity contribution in [1.82, 2.24) is 0 Å². The molecule has 0 radical (unpaired) electrons. The third-order valence-electron chi connectivity index (χ3n) is 14.4. The van der Waals surface area contributed by atoms with E-state index in [0.717, 1.165) is 57.8 Å². The zero-order valence-electron chi connectivity index (χ0n) is 48.0. The van der Waals surface area contributed by atoms with Crippen LogP contribution < -0.4 is 5.73 Å². The van der Waals surface area contributed by atoms with Gasteiger partial charge < -0.3 is 20.1 Å². The zero-order chi connectivity index (χ0) is 52.4. The number of nitrogens with two attached hydrogens (primary N) is 1. The van der Waals surface area contributed by atoms with E-state index < -0.39 is 26.5 Å². The number of phosphoric ester groups is 1. The molecule has 0 saturated heterocycles. The van der Waals surface area contributed by atoms with Crippen molar-refractivity contribution < 1.29 is 37.6 Å². The molecular weight excluding hydrogens is 918 g/mol. The van der Waals surface area contributed by atoms with Crippen LogP contribution in [-0.2, 0) is 32.7 Å². The maximum atomic E-state index is 12.6. The molecule has 0 aromatic rings. The lowest BCUT2D eigenvalue weighted by Crippen LogP contribution is -2.29. The minimum absolute atomic E-state index is 0.0551. The molecular formula is C62H122NO8P. The van der Waals surface area contributed by atoms with Crippen molar-refractivity contribution in [3.8, 4) is 0 Å². The number of ether oxygens (including phenoxy) is 2. The zero-order valence-corrected chi connectivity index (χ0v) is 48.8. The Bertz CT molecular complexity index is 1190. The smallest absolute Gasteiger partial charge is 0.462 e. The van der Waals surface area contributed by atoms with Crippen LogP contribution in [0.1, 0.15) is 341 Å². The maximum absolute atomic E-state index is 12.6. The van der Waals surface area contributed by atoms with E-state index in [1.54, 1.807) is 0 Å². The molecule has 0 rings (SSSR count). The molecule has 0 heterocycles. The molecule has 0 saturated carbocycles. The fourth-order valence-corrected chi connectivity index (χ4v) is 10.5. The van der Waals surface area contributed by atoms with Gasteiger partial charge in [-0.25, -0.2) is 4.57 Å². The van der Waals surface area contributed by atoms with Crippen LogP contribution in [0.15, 0.2) is 12.2 Å². The Morgan fingerprint density at radius 1 is 0.403 bits per heavy atom. The molecule has 0 aromatic heterocycles. The first-order valence-electron chi connectivity index (χ1n) is 31.7. The summed E-state index contributed by atoms with van der Waals surface area (Å²) in [6.45, 7) is 3.76. The van der Waals surface area contributed by atoms with Gasteiger partial charge in [0.15, 0.2) is 6.10 Å². The number of allylic oxidation sites excluding steroid dienone is 2. The maximum Gasteiger partial charge on any atom is 0.472 e.